The van der Waals surface area contributed by atoms with E-state index in [1.54, 1.807) is 30.3 Å². The van der Waals surface area contributed by atoms with E-state index in [1.165, 1.54) is 19.2 Å². The number of aromatic nitrogens is 1. The van der Waals surface area contributed by atoms with Gasteiger partial charge in [-0.3, -0.25) is 9.69 Å². The van der Waals surface area contributed by atoms with Crippen LogP contribution in [-0.4, -0.2) is 84.7 Å². The van der Waals surface area contributed by atoms with Gasteiger partial charge in [0.2, 0.25) is 5.56 Å². The Bertz CT molecular complexity index is 2240. The molecule has 1 amide bonds. The molecule has 304 valence electrons. The van der Waals surface area contributed by atoms with E-state index in [9.17, 15) is 24.6 Å². The van der Waals surface area contributed by atoms with Gasteiger partial charge in [-0.2, -0.15) is 0 Å². The Morgan fingerprint density at radius 1 is 0.931 bits per heavy atom. The van der Waals surface area contributed by atoms with Crippen molar-refractivity contribution in [2.75, 3.05) is 46.4 Å². The molecule has 0 radical (unpaired) electrons. The maximum absolute atomic E-state index is 13.3. The summed E-state index contributed by atoms with van der Waals surface area (Å²) in [6.45, 7) is 4.17. The number of carbonyl (C=O) groups excluding carboxylic acids is 2. The number of aliphatic hydroxyl groups is 1. The van der Waals surface area contributed by atoms with Crippen LogP contribution in [-0.2, 0) is 16.1 Å². The fraction of sp³-hybridized carbons (Fsp3) is 0.356. The van der Waals surface area contributed by atoms with Gasteiger partial charge in [0.25, 0.3) is 0 Å². The molecule has 3 aliphatic rings. The third-order valence-electron chi connectivity index (χ3n) is 10.9. The number of methoxy groups -OCH3 is 1. The molecule has 5 N–H and O–H groups in total. The van der Waals surface area contributed by atoms with Crippen molar-refractivity contribution in [3.63, 3.8) is 0 Å². The minimum Gasteiger partial charge on any atom is -0.506 e. The second kappa shape index (κ2) is 19.0. The van der Waals surface area contributed by atoms with Crippen LogP contribution < -0.4 is 25.7 Å². The number of nitrogens with one attached hydrogen (secondary N) is 3. The highest BCUT2D eigenvalue weighted by molar-refractivity contribution is 5.90. The zero-order chi connectivity index (χ0) is 40.4. The van der Waals surface area contributed by atoms with Crippen LogP contribution in [0.3, 0.4) is 0 Å². The zero-order valence-corrected chi connectivity index (χ0v) is 32.5. The molecule has 13 nitrogen and oxygen atoms in total. The number of aromatic hydroxyl groups is 1. The summed E-state index contributed by atoms with van der Waals surface area (Å²) < 4.78 is 23.3. The number of hydrogen-bond acceptors (Lipinski definition) is 11. The number of amides is 1. The highest BCUT2D eigenvalue weighted by Crippen LogP contribution is 2.32. The second-order valence-electron chi connectivity index (χ2n) is 14.8. The van der Waals surface area contributed by atoms with Crippen LogP contribution in [0.4, 0.5) is 4.79 Å². The van der Waals surface area contributed by atoms with Crippen molar-refractivity contribution in [1.29, 1.82) is 0 Å². The molecule has 4 aromatic carbocycles. The third-order valence-corrected chi connectivity index (χ3v) is 10.9. The van der Waals surface area contributed by atoms with Crippen molar-refractivity contribution in [3.05, 3.63) is 135 Å². The molecule has 0 unspecified atom stereocenters. The summed E-state index contributed by atoms with van der Waals surface area (Å²) in [5.41, 5.74) is 3.40. The number of phenols is 1. The van der Waals surface area contributed by atoms with Crippen LogP contribution in [0.25, 0.3) is 10.9 Å². The van der Waals surface area contributed by atoms with Crippen molar-refractivity contribution in [2.45, 2.75) is 50.5 Å². The SMILES string of the molecule is COc1cc(C(=O)OCCCCNC[C@H](O)c2ccc(O)c3[nH]c(=O)ccc23)ccc1COc1cccc([C@@H](NC(=O)O[C@H]2CN3CCC2CC3)c2ccccc2)c1. The van der Waals surface area contributed by atoms with E-state index in [4.69, 9.17) is 18.9 Å². The van der Waals surface area contributed by atoms with Crippen molar-refractivity contribution in [3.8, 4) is 17.2 Å². The first-order valence-corrected chi connectivity index (χ1v) is 19.8. The van der Waals surface area contributed by atoms with Crippen LogP contribution in [0.5, 0.6) is 17.2 Å². The molecule has 5 aromatic rings. The van der Waals surface area contributed by atoms with E-state index in [2.05, 4.69) is 20.5 Å². The molecule has 3 saturated heterocycles. The number of ether oxygens (including phenoxy) is 4. The van der Waals surface area contributed by atoms with E-state index >= 15 is 0 Å². The van der Waals surface area contributed by atoms with Gasteiger partial charge in [0.1, 0.15) is 30.0 Å². The lowest BCUT2D eigenvalue weighted by molar-refractivity contribution is -0.0336. The molecule has 4 heterocycles. The summed E-state index contributed by atoms with van der Waals surface area (Å²) in [6, 6.07) is 28.1. The summed E-state index contributed by atoms with van der Waals surface area (Å²) in [5.74, 6) is 0.970. The average Bonchev–Trinajstić information content (AvgIpc) is 3.25. The standard InChI is InChI=1S/C45H50N4O9/c1-55-39-25-32(44(53)56-23-6-5-20-46-26-38(51)35-14-16-37(50)43-36(35)15-17-41(52)47-43)12-13-33(39)28-57-34-11-7-10-31(24-34)42(30-8-3-2-4-9-30)48-45(54)58-40-27-49-21-18-29(40)19-22-49/h2-4,7-17,24-25,29,38,40,42,46,50-51H,5-6,18-23,26-28H2,1H3,(H,47,52)(H,48,54)/t38-,40-,42-/m0/s1. The lowest BCUT2D eigenvalue weighted by Gasteiger charge is -2.43. The second-order valence-corrected chi connectivity index (χ2v) is 14.8. The van der Waals surface area contributed by atoms with Gasteiger partial charge in [-0.1, -0.05) is 54.6 Å². The van der Waals surface area contributed by atoms with E-state index in [0.29, 0.717) is 53.3 Å². The molecular weight excluding hydrogens is 741 g/mol. The van der Waals surface area contributed by atoms with E-state index in [1.807, 2.05) is 54.6 Å². The maximum Gasteiger partial charge on any atom is 0.408 e. The number of benzene rings is 4. The van der Waals surface area contributed by atoms with Crippen molar-refractivity contribution in [2.24, 2.45) is 5.92 Å². The number of pyridine rings is 1. The van der Waals surface area contributed by atoms with Crippen molar-refractivity contribution in [1.82, 2.24) is 20.5 Å². The normalized spacial score (nSPS) is 18.3. The molecule has 0 spiro atoms. The Morgan fingerprint density at radius 2 is 1.74 bits per heavy atom. The predicted octanol–water partition coefficient (Wildman–Crippen LogP) is 5.99. The number of fused-ring (bicyclic) bond motifs is 4. The highest BCUT2D eigenvalue weighted by Gasteiger charge is 2.37. The van der Waals surface area contributed by atoms with Gasteiger partial charge in [0, 0.05) is 30.1 Å². The molecule has 3 atom stereocenters. The van der Waals surface area contributed by atoms with Gasteiger partial charge >= 0.3 is 12.1 Å². The van der Waals surface area contributed by atoms with Crippen LogP contribution in [0.1, 0.15) is 70.4 Å². The lowest BCUT2D eigenvalue weighted by atomic mass is 9.86. The monoisotopic (exact) mass is 790 g/mol. The predicted molar refractivity (Wildman–Crippen MR) is 218 cm³/mol. The van der Waals surface area contributed by atoms with Gasteiger partial charge in [-0.05, 0) is 104 Å². The van der Waals surface area contributed by atoms with Crippen molar-refractivity contribution < 1.29 is 38.7 Å². The molecule has 3 aliphatic heterocycles. The molecular formula is C45H50N4O9. The number of H-pyrrole nitrogens is 1. The fourth-order valence-electron chi connectivity index (χ4n) is 7.77. The first-order valence-electron chi connectivity index (χ1n) is 19.8. The molecule has 13 heteroatoms. The molecule has 0 saturated carbocycles. The average molecular weight is 791 g/mol. The molecule has 1 aromatic heterocycles. The Labute approximate surface area is 336 Å². The number of aromatic amines is 1. The smallest absolute Gasteiger partial charge is 0.408 e. The minimum atomic E-state index is -0.855. The minimum absolute atomic E-state index is 0.0603. The van der Waals surface area contributed by atoms with E-state index < -0.39 is 24.2 Å². The molecule has 58 heavy (non-hydrogen) atoms. The number of hydrogen-bond donors (Lipinski definition) is 5. The van der Waals surface area contributed by atoms with Gasteiger partial charge < -0.3 is 44.8 Å². The first-order chi connectivity index (χ1) is 28.2. The largest absolute Gasteiger partial charge is 0.506 e. The van der Waals surface area contributed by atoms with Gasteiger partial charge in [-0.25, -0.2) is 9.59 Å². The number of rotatable bonds is 17. The van der Waals surface area contributed by atoms with E-state index in [-0.39, 0.29) is 42.7 Å². The third kappa shape index (κ3) is 9.97. The molecule has 3 fully saturated rings. The summed E-state index contributed by atoms with van der Waals surface area (Å²) in [4.78, 5) is 42.8. The number of piperidine rings is 3. The number of unbranched alkanes of at least 4 members (excludes halogenated alkanes) is 1. The zero-order valence-electron chi connectivity index (χ0n) is 32.5. The van der Waals surface area contributed by atoms with Crippen LogP contribution in [0.2, 0.25) is 0 Å². The quantitative estimate of drug-likeness (QED) is 0.0554. The lowest BCUT2D eigenvalue weighted by Crippen LogP contribution is -2.52. The number of phenolic OH excluding ortho intramolecular Hbond substituents is 1. The number of carbonyl (C=O) groups is 2. The van der Waals surface area contributed by atoms with Crippen LogP contribution in [0, 0.1) is 5.92 Å². The van der Waals surface area contributed by atoms with Crippen LogP contribution in [0.15, 0.2) is 102 Å². The fourth-order valence-corrected chi connectivity index (χ4v) is 7.77. The Hall–Kier alpha value is -5.89. The topological polar surface area (TPSA) is 172 Å². The highest BCUT2D eigenvalue weighted by atomic mass is 16.6. The van der Waals surface area contributed by atoms with Crippen molar-refractivity contribution >= 4 is 23.0 Å². The molecule has 8 rings (SSSR count). The Morgan fingerprint density at radius 3 is 2.52 bits per heavy atom. The first kappa shape index (κ1) is 40.3. The summed E-state index contributed by atoms with van der Waals surface area (Å²) in [6.07, 6.45) is 2.04. The summed E-state index contributed by atoms with van der Waals surface area (Å²) >= 11 is 0. The number of alkyl carbamates (subject to hydrolysis) is 1. The van der Waals surface area contributed by atoms with E-state index in [0.717, 1.165) is 49.2 Å². The number of nitrogens with zero attached hydrogens (tertiary/aromatic N) is 1. The van der Waals surface area contributed by atoms with Crippen LogP contribution >= 0.6 is 0 Å². The Balaban J connectivity index is 0.879. The van der Waals surface area contributed by atoms with Gasteiger partial charge in [-0.15, -0.1) is 0 Å². The Kier molecular flexibility index (Phi) is 13.2. The molecule has 0 aliphatic carbocycles. The summed E-state index contributed by atoms with van der Waals surface area (Å²) in [5, 5.41) is 27.7. The maximum atomic E-state index is 13.3. The summed E-state index contributed by atoms with van der Waals surface area (Å²) in [7, 11) is 1.54. The number of esters is 1. The van der Waals surface area contributed by atoms with Gasteiger partial charge in [0.15, 0.2) is 0 Å². The molecule has 2 bridgehead atoms. The van der Waals surface area contributed by atoms with Gasteiger partial charge in [0.05, 0.1) is 36.9 Å². The number of aliphatic hydroxyl groups excluding tert-OH is 1.